The summed E-state index contributed by atoms with van der Waals surface area (Å²) in [5, 5.41) is 8.90. The summed E-state index contributed by atoms with van der Waals surface area (Å²) in [5.41, 5.74) is 1.66. The molecule has 1 fully saturated rings. The topological polar surface area (TPSA) is 91.0 Å². The van der Waals surface area contributed by atoms with E-state index in [-0.39, 0.29) is 23.1 Å². The van der Waals surface area contributed by atoms with E-state index in [1.165, 1.54) is 6.33 Å². The summed E-state index contributed by atoms with van der Waals surface area (Å²) in [4.78, 5) is 31.1. The second kappa shape index (κ2) is 4.82. The molecule has 23 heavy (non-hydrogen) atoms. The molecule has 2 amide bonds. The van der Waals surface area contributed by atoms with Gasteiger partial charge in [0, 0.05) is 10.3 Å². The average Bonchev–Trinajstić information content (AvgIpc) is 3.16. The monoisotopic (exact) mass is 329 g/mol. The molecule has 1 aromatic carbocycles. The van der Waals surface area contributed by atoms with E-state index in [1.54, 1.807) is 16.7 Å². The van der Waals surface area contributed by atoms with Crippen molar-refractivity contribution in [2.75, 3.05) is 5.32 Å². The summed E-state index contributed by atoms with van der Waals surface area (Å²) in [6.07, 6.45) is 1.32. The van der Waals surface area contributed by atoms with Crippen LogP contribution < -0.4 is 5.32 Å². The number of amides is 2. The third-order valence-corrected chi connectivity index (χ3v) is 5.74. The van der Waals surface area contributed by atoms with Gasteiger partial charge < -0.3 is 4.90 Å². The van der Waals surface area contributed by atoms with Gasteiger partial charge in [0.25, 0.3) is 11.8 Å². The lowest BCUT2D eigenvalue weighted by molar-refractivity contribution is -0.121. The van der Waals surface area contributed by atoms with Gasteiger partial charge in [-0.15, -0.1) is 11.8 Å². The maximum absolute atomic E-state index is 12.8. The lowest BCUT2D eigenvalue weighted by Gasteiger charge is -2.29. The normalized spacial score (nSPS) is 24.4. The van der Waals surface area contributed by atoms with Crippen LogP contribution in [0.2, 0.25) is 0 Å². The van der Waals surface area contributed by atoms with Crippen LogP contribution in [0.1, 0.15) is 35.1 Å². The van der Waals surface area contributed by atoms with Crippen LogP contribution in [0, 0.1) is 0 Å². The summed E-state index contributed by atoms with van der Waals surface area (Å²) in [5.74, 6) is -0.0762. The third-order valence-electron chi connectivity index (χ3n) is 4.20. The first-order valence-electron chi connectivity index (χ1n) is 7.25. The highest BCUT2D eigenvalue weighted by atomic mass is 32.2. The van der Waals surface area contributed by atoms with E-state index >= 15 is 0 Å². The summed E-state index contributed by atoms with van der Waals surface area (Å²) in [6.45, 7) is 3.97. The molecule has 2 aliphatic rings. The number of H-pyrrole nitrogens is 1. The van der Waals surface area contributed by atoms with Crippen LogP contribution in [0.5, 0.6) is 0 Å². The molecule has 0 saturated carbocycles. The van der Waals surface area contributed by atoms with Gasteiger partial charge in [-0.2, -0.15) is 10.1 Å². The van der Waals surface area contributed by atoms with Crippen molar-refractivity contribution in [1.82, 2.24) is 20.1 Å². The number of anilines is 1. The maximum Gasteiger partial charge on any atom is 0.256 e. The number of hydrogen-bond acceptors (Lipinski definition) is 5. The Kier molecular flexibility index (Phi) is 2.99. The highest BCUT2D eigenvalue weighted by Crippen LogP contribution is 2.56. The molecule has 0 bridgehead atoms. The van der Waals surface area contributed by atoms with Gasteiger partial charge in [-0.05, 0) is 25.5 Å². The average molecular weight is 329 g/mol. The van der Waals surface area contributed by atoms with Gasteiger partial charge in [0.15, 0.2) is 0 Å². The fourth-order valence-electron chi connectivity index (χ4n) is 3.26. The molecule has 0 aliphatic carbocycles. The zero-order valence-corrected chi connectivity index (χ0v) is 13.4. The van der Waals surface area contributed by atoms with Gasteiger partial charge >= 0.3 is 0 Å². The molecule has 0 radical (unpaired) electrons. The molecule has 2 aromatic rings. The van der Waals surface area contributed by atoms with Crippen molar-refractivity contribution >= 4 is 29.5 Å². The van der Waals surface area contributed by atoms with Gasteiger partial charge in [-0.1, -0.05) is 18.2 Å². The molecule has 0 spiro atoms. The molecule has 2 atom stereocenters. The first-order chi connectivity index (χ1) is 11.0. The molecule has 7 nitrogen and oxygen atoms in total. The molecule has 1 aromatic heterocycles. The van der Waals surface area contributed by atoms with Crippen molar-refractivity contribution in [3.63, 3.8) is 0 Å². The molecule has 0 unspecified atom stereocenters. The van der Waals surface area contributed by atoms with Crippen LogP contribution in [0.15, 0.2) is 30.6 Å². The molecule has 4 rings (SSSR count). The van der Waals surface area contributed by atoms with E-state index in [0.717, 1.165) is 5.56 Å². The lowest BCUT2D eigenvalue weighted by atomic mass is 10.0. The van der Waals surface area contributed by atoms with Crippen LogP contribution in [-0.4, -0.2) is 42.7 Å². The van der Waals surface area contributed by atoms with Gasteiger partial charge in [0.05, 0.1) is 0 Å². The maximum atomic E-state index is 12.8. The van der Waals surface area contributed by atoms with Crippen molar-refractivity contribution in [2.45, 2.75) is 30.0 Å². The number of benzene rings is 1. The predicted molar refractivity (Wildman–Crippen MR) is 85.8 cm³/mol. The SMILES string of the molecule is CC1(C)S[C@@H]2c3ccccc3C(=O)N2[C@@H]1C(=O)Nc1ncn[nH]1. The Morgan fingerprint density at radius 2 is 2.17 bits per heavy atom. The molecular formula is C15H15N5O2S. The van der Waals surface area contributed by atoms with Crippen LogP contribution in [0.4, 0.5) is 5.95 Å². The molecule has 1 saturated heterocycles. The van der Waals surface area contributed by atoms with E-state index in [0.29, 0.717) is 5.56 Å². The van der Waals surface area contributed by atoms with Crippen molar-refractivity contribution in [1.29, 1.82) is 0 Å². The van der Waals surface area contributed by atoms with E-state index in [2.05, 4.69) is 20.5 Å². The largest absolute Gasteiger partial charge is 0.309 e. The quantitative estimate of drug-likeness (QED) is 0.876. The van der Waals surface area contributed by atoms with E-state index < -0.39 is 10.8 Å². The van der Waals surface area contributed by atoms with Gasteiger partial charge in [-0.3, -0.25) is 14.9 Å². The Labute approximate surface area is 136 Å². The second-order valence-electron chi connectivity index (χ2n) is 6.10. The van der Waals surface area contributed by atoms with Crippen LogP contribution in [0.25, 0.3) is 0 Å². The summed E-state index contributed by atoms with van der Waals surface area (Å²) in [7, 11) is 0. The van der Waals surface area contributed by atoms with E-state index in [9.17, 15) is 9.59 Å². The van der Waals surface area contributed by atoms with Gasteiger partial charge in [0.2, 0.25) is 5.95 Å². The van der Waals surface area contributed by atoms with Crippen LogP contribution >= 0.6 is 11.8 Å². The Morgan fingerprint density at radius 3 is 2.91 bits per heavy atom. The van der Waals surface area contributed by atoms with Crippen molar-refractivity contribution in [2.24, 2.45) is 0 Å². The number of hydrogen-bond donors (Lipinski definition) is 2. The molecule has 2 N–H and O–H groups in total. The minimum absolute atomic E-state index is 0.0959. The number of rotatable bonds is 2. The Bertz CT molecular complexity index is 789. The number of thioether (sulfide) groups is 1. The van der Waals surface area contributed by atoms with Crippen molar-refractivity contribution in [3.05, 3.63) is 41.7 Å². The number of nitrogens with zero attached hydrogens (tertiary/aromatic N) is 3. The van der Waals surface area contributed by atoms with E-state index in [4.69, 9.17) is 0 Å². The molecular weight excluding hydrogens is 314 g/mol. The zero-order valence-electron chi connectivity index (χ0n) is 12.6. The first-order valence-corrected chi connectivity index (χ1v) is 8.12. The second-order valence-corrected chi connectivity index (χ2v) is 7.83. The zero-order chi connectivity index (χ0) is 16.2. The smallest absolute Gasteiger partial charge is 0.256 e. The Balaban J connectivity index is 1.70. The van der Waals surface area contributed by atoms with Gasteiger partial charge in [0.1, 0.15) is 17.7 Å². The number of nitrogens with one attached hydrogen (secondary N) is 2. The minimum Gasteiger partial charge on any atom is -0.309 e. The molecule has 118 valence electrons. The number of carbonyl (C=O) groups excluding carboxylic acids is 2. The Morgan fingerprint density at radius 1 is 1.39 bits per heavy atom. The summed E-state index contributed by atoms with van der Waals surface area (Å²) < 4.78 is -0.405. The highest BCUT2D eigenvalue weighted by molar-refractivity contribution is 8.01. The first kappa shape index (κ1) is 14.3. The molecule has 3 heterocycles. The third kappa shape index (κ3) is 2.05. The Hall–Kier alpha value is -2.35. The minimum atomic E-state index is -0.581. The molecule has 2 aliphatic heterocycles. The predicted octanol–water partition coefficient (Wildman–Crippen LogP) is 1.79. The highest BCUT2D eigenvalue weighted by Gasteiger charge is 2.57. The van der Waals surface area contributed by atoms with E-state index in [1.807, 2.05) is 38.1 Å². The number of carbonyl (C=O) groups is 2. The van der Waals surface area contributed by atoms with Gasteiger partial charge in [-0.25, -0.2) is 5.10 Å². The van der Waals surface area contributed by atoms with Crippen LogP contribution in [-0.2, 0) is 4.79 Å². The standard InChI is InChI=1S/C15H15N5O2S/c1-15(2)10(11(21)18-14-16-7-17-19-14)20-12(22)8-5-3-4-6-9(8)13(20)23-15/h3-7,10,13H,1-2H3,(H2,16,17,18,19,21)/t10-,13-/m1/s1. The molecule has 8 heteroatoms. The van der Waals surface area contributed by atoms with Crippen molar-refractivity contribution < 1.29 is 9.59 Å². The lowest BCUT2D eigenvalue weighted by Crippen LogP contribution is -2.50. The fraction of sp³-hybridized carbons (Fsp3) is 0.333. The van der Waals surface area contributed by atoms with Crippen LogP contribution in [0.3, 0.4) is 0 Å². The summed E-state index contributed by atoms with van der Waals surface area (Å²) >= 11 is 1.63. The number of fused-ring (bicyclic) bond motifs is 3. The number of aromatic nitrogens is 3. The summed E-state index contributed by atoms with van der Waals surface area (Å²) in [6, 6.07) is 6.96. The van der Waals surface area contributed by atoms with Crippen molar-refractivity contribution in [3.8, 4) is 0 Å². The number of aromatic amines is 1. The fourth-order valence-corrected chi connectivity index (χ4v) is 4.84.